The molecule has 146 valence electrons. The van der Waals surface area contributed by atoms with Crippen LogP contribution in [0, 0.1) is 3.57 Å². The summed E-state index contributed by atoms with van der Waals surface area (Å²) in [6.45, 7) is 9.00. The number of likely N-dealkylation sites (N-methyl/N-ethyl adjacent to an activating group) is 1. The Kier molecular flexibility index (Phi) is 7.38. The summed E-state index contributed by atoms with van der Waals surface area (Å²) in [4.78, 5) is 2.36. The Morgan fingerprint density at radius 3 is 2.52 bits per heavy atom. The van der Waals surface area contributed by atoms with Crippen molar-refractivity contribution < 1.29 is 9.47 Å². The summed E-state index contributed by atoms with van der Waals surface area (Å²) in [7, 11) is 1.72. The standard InChI is InChI=1S/C22H29IN2O2/c1-4-25(5-2)12-13-27-21-15-19-17(14-20(21)26-3)10-11-24-22(19)16-6-8-18(23)9-7-16/h6-9,14-15,22,24H,4-5,10-13H2,1-3H3. The highest BCUT2D eigenvalue weighted by Gasteiger charge is 2.24. The highest BCUT2D eigenvalue weighted by molar-refractivity contribution is 14.1. The van der Waals surface area contributed by atoms with Crippen LogP contribution in [0.1, 0.15) is 36.6 Å². The number of hydrogen-bond acceptors (Lipinski definition) is 4. The van der Waals surface area contributed by atoms with Gasteiger partial charge >= 0.3 is 0 Å². The second-order valence-electron chi connectivity index (χ2n) is 6.77. The van der Waals surface area contributed by atoms with Crippen molar-refractivity contribution in [3.05, 3.63) is 56.7 Å². The lowest BCUT2D eigenvalue weighted by molar-refractivity contribution is 0.217. The van der Waals surface area contributed by atoms with Gasteiger partial charge in [-0.3, -0.25) is 0 Å². The number of ether oxygens (including phenoxy) is 2. The molecule has 1 heterocycles. The molecule has 0 spiro atoms. The van der Waals surface area contributed by atoms with Crippen LogP contribution in [0.4, 0.5) is 0 Å². The fourth-order valence-electron chi connectivity index (χ4n) is 3.61. The lowest BCUT2D eigenvalue weighted by Crippen LogP contribution is -2.31. The van der Waals surface area contributed by atoms with Gasteiger partial charge in [0.25, 0.3) is 0 Å². The molecule has 2 aromatic carbocycles. The van der Waals surface area contributed by atoms with Gasteiger partial charge in [0.05, 0.1) is 13.2 Å². The first-order valence-corrected chi connectivity index (χ1v) is 10.8. The summed E-state index contributed by atoms with van der Waals surface area (Å²) in [6.07, 6.45) is 1.01. The Hall–Kier alpha value is -1.31. The molecule has 27 heavy (non-hydrogen) atoms. The fraction of sp³-hybridized carbons (Fsp3) is 0.455. The molecule has 1 unspecified atom stereocenters. The number of rotatable bonds is 8. The molecule has 0 bridgehead atoms. The van der Waals surface area contributed by atoms with E-state index in [2.05, 4.69) is 83.1 Å². The molecule has 0 saturated heterocycles. The van der Waals surface area contributed by atoms with Gasteiger partial charge < -0.3 is 19.7 Å². The molecule has 1 atom stereocenters. The molecule has 5 heteroatoms. The van der Waals surface area contributed by atoms with Gasteiger partial charge in [-0.2, -0.15) is 0 Å². The summed E-state index contributed by atoms with van der Waals surface area (Å²) < 4.78 is 13.0. The molecule has 0 radical (unpaired) electrons. The van der Waals surface area contributed by atoms with Crippen molar-refractivity contribution in [3.8, 4) is 11.5 Å². The van der Waals surface area contributed by atoms with Crippen molar-refractivity contribution in [3.63, 3.8) is 0 Å². The van der Waals surface area contributed by atoms with Crippen molar-refractivity contribution in [2.45, 2.75) is 26.3 Å². The van der Waals surface area contributed by atoms with Crippen molar-refractivity contribution >= 4 is 22.6 Å². The van der Waals surface area contributed by atoms with Crippen LogP contribution in [0.3, 0.4) is 0 Å². The normalized spacial score (nSPS) is 16.3. The van der Waals surface area contributed by atoms with E-state index in [-0.39, 0.29) is 6.04 Å². The zero-order valence-corrected chi connectivity index (χ0v) is 18.6. The van der Waals surface area contributed by atoms with Gasteiger partial charge in [0, 0.05) is 16.7 Å². The molecule has 1 aliphatic rings. The third-order valence-electron chi connectivity index (χ3n) is 5.24. The Labute approximate surface area is 176 Å². The third kappa shape index (κ3) is 4.95. The number of methoxy groups -OCH3 is 1. The van der Waals surface area contributed by atoms with E-state index in [9.17, 15) is 0 Å². The molecule has 0 saturated carbocycles. The van der Waals surface area contributed by atoms with Gasteiger partial charge in [0.1, 0.15) is 6.61 Å². The van der Waals surface area contributed by atoms with Gasteiger partial charge in [-0.05, 0) is 83.1 Å². The first-order chi connectivity index (χ1) is 13.2. The van der Waals surface area contributed by atoms with Crippen LogP contribution < -0.4 is 14.8 Å². The van der Waals surface area contributed by atoms with Crippen molar-refractivity contribution in [2.24, 2.45) is 0 Å². The highest BCUT2D eigenvalue weighted by atomic mass is 127. The van der Waals surface area contributed by atoms with Crippen molar-refractivity contribution in [1.29, 1.82) is 0 Å². The smallest absolute Gasteiger partial charge is 0.161 e. The number of nitrogens with one attached hydrogen (secondary N) is 1. The van der Waals surface area contributed by atoms with Gasteiger partial charge in [0.15, 0.2) is 11.5 Å². The van der Waals surface area contributed by atoms with Crippen molar-refractivity contribution in [2.75, 3.05) is 39.9 Å². The predicted octanol–water partition coefficient (Wildman–Crippen LogP) is 4.26. The second kappa shape index (κ2) is 9.75. The van der Waals surface area contributed by atoms with Crippen LogP contribution >= 0.6 is 22.6 Å². The molecule has 2 aromatic rings. The molecule has 0 aromatic heterocycles. The summed E-state index contributed by atoms with van der Waals surface area (Å²) in [5.41, 5.74) is 3.92. The minimum atomic E-state index is 0.196. The van der Waals surface area contributed by atoms with E-state index in [1.54, 1.807) is 7.11 Å². The maximum absolute atomic E-state index is 6.14. The number of benzene rings is 2. The van der Waals surface area contributed by atoms with E-state index < -0.39 is 0 Å². The average Bonchev–Trinajstić information content (AvgIpc) is 2.71. The Balaban J connectivity index is 1.85. The number of halogens is 1. The van der Waals surface area contributed by atoms with Crippen LogP contribution in [0.2, 0.25) is 0 Å². The quantitative estimate of drug-likeness (QED) is 0.573. The first-order valence-electron chi connectivity index (χ1n) is 9.71. The Morgan fingerprint density at radius 2 is 1.85 bits per heavy atom. The van der Waals surface area contributed by atoms with E-state index in [1.165, 1.54) is 20.3 Å². The SMILES string of the molecule is CCN(CC)CCOc1cc2c(cc1OC)CCNC2c1ccc(I)cc1. The van der Waals surface area contributed by atoms with E-state index >= 15 is 0 Å². The van der Waals surface area contributed by atoms with E-state index in [0.717, 1.165) is 44.1 Å². The zero-order chi connectivity index (χ0) is 19.2. The Morgan fingerprint density at radius 1 is 1.11 bits per heavy atom. The van der Waals surface area contributed by atoms with E-state index in [1.807, 2.05) is 0 Å². The molecular formula is C22H29IN2O2. The maximum Gasteiger partial charge on any atom is 0.161 e. The summed E-state index contributed by atoms with van der Waals surface area (Å²) in [5.74, 6) is 1.67. The topological polar surface area (TPSA) is 33.7 Å². The van der Waals surface area contributed by atoms with Crippen molar-refractivity contribution in [1.82, 2.24) is 10.2 Å². The third-order valence-corrected chi connectivity index (χ3v) is 5.96. The highest BCUT2D eigenvalue weighted by Crippen LogP contribution is 2.37. The molecule has 0 fully saturated rings. The maximum atomic E-state index is 6.14. The van der Waals surface area contributed by atoms with Gasteiger partial charge in [-0.25, -0.2) is 0 Å². The summed E-state index contributed by atoms with van der Waals surface area (Å²) >= 11 is 2.35. The van der Waals surface area contributed by atoms with Crippen LogP contribution in [0.5, 0.6) is 11.5 Å². The number of nitrogens with zero attached hydrogens (tertiary/aromatic N) is 1. The first kappa shape index (κ1) is 20.4. The monoisotopic (exact) mass is 480 g/mol. The number of hydrogen-bond donors (Lipinski definition) is 1. The van der Waals surface area contributed by atoms with E-state index in [4.69, 9.17) is 9.47 Å². The second-order valence-corrected chi connectivity index (χ2v) is 8.01. The lowest BCUT2D eigenvalue weighted by atomic mass is 9.89. The van der Waals surface area contributed by atoms with Gasteiger partial charge in [-0.15, -0.1) is 0 Å². The summed E-state index contributed by atoms with van der Waals surface area (Å²) in [6, 6.07) is 13.3. The minimum Gasteiger partial charge on any atom is -0.493 e. The average molecular weight is 480 g/mol. The molecule has 3 rings (SSSR count). The molecule has 1 aliphatic heterocycles. The molecule has 0 amide bonds. The molecule has 4 nitrogen and oxygen atoms in total. The fourth-order valence-corrected chi connectivity index (χ4v) is 3.97. The molecule has 0 aliphatic carbocycles. The van der Waals surface area contributed by atoms with E-state index in [0.29, 0.717) is 6.61 Å². The number of fused-ring (bicyclic) bond motifs is 1. The lowest BCUT2D eigenvalue weighted by Gasteiger charge is -2.29. The zero-order valence-electron chi connectivity index (χ0n) is 16.4. The van der Waals surface area contributed by atoms with Crippen LogP contribution in [-0.2, 0) is 6.42 Å². The van der Waals surface area contributed by atoms with Gasteiger partial charge in [0.2, 0.25) is 0 Å². The Bertz CT molecular complexity index is 745. The largest absolute Gasteiger partial charge is 0.493 e. The minimum absolute atomic E-state index is 0.196. The van der Waals surface area contributed by atoms with Crippen LogP contribution in [-0.4, -0.2) is 44.8 Å². The molecule has 1 N–H and O–H groups in total. The molecular weight excluding hydrogens is 451 g/mol. The summed E-state index contributed by atoms with van der Waals surface area (Å²) in [5, 5.41) is 3.66. The predicted molar refractivity (Wildman–Crippen MR) is 119 cm³/mol. The van der Waals surface area contributed by atoms with Crippen LogP contribution in [0.25, 0.3) is 0 Å². The van der Waals surface area contributed by atoms with Gasteiger partial charge in [-0.1, -0.05) is 26.0 Å². The van der Waals surface area contributed by atoms with Crippen LogP contribution in [0.15, 0.2) is 36.4 Å².